The zero-order chi connectivity index (χ0) is 11.7. The Morgan fingerprint density at radius 3 is 2.71 bits per heavy atom. The standard InChI is InChI=1S/C13H16BrNO2/c14-10-5-4-9(11-3-1-2-6-15-11)12-13(10)17-8-7-16-12/h4-5,11,15H,1-3,6-8H2. The highest BCUT2D eigenvalue weighted by Gasteiger charge is 2.25. The van der Waals surface area contributed by atoms with Crippen molar-refractivity contribution in [3.8, 4) is 11.5 Å². The van der Waals surface area contributed by atoms with Gasteiger partial charge in [-0.25, -0.2) is 0 Å². The van der Waals surface area contributed by atoms with Crippen LogP contribution in [0.25, 0.3) is 0 Å². The molecular weight excluding hydrogens is 282 g/mol. The van der Waals surface area contributed by atoms with Gasteiger partial charge in [-0.1, -0.05) is 12.5 Å². The Kier molecular flexibility index (Phi) is 3.25. The molecule has 0 spiro atoms. The lowest BCUT2D eigenvalue weighted by atomic mass is 9.96. The second-order valence-corrected chi connectivity index (χ2v) is 5.35. The van der Waals surface area contributed by atoms with Crippen LogP contribution in [0.15, 0.2) is 16.6 Å². The highest BCUT2D eigenvalue weighted by Crippen LogP contribution is 2.43. The van der Waals surface area contributed by atoms with Gasteiger partial charge in [-0.2, -0.15) is 0 Å². The molecule has 2 aliphatic rings. The maximum absolute atomic E-state index is 5.79. The number of halogens is 1. The summed E-state index contributed by atoms with van der Waals surface area (Å²) in [6.45, 7) is 2.37. The molecule has 1 N–H and O–H groups in total. The Bertz CT molecular complexity index is 416. The number of nitrogens with one attached hydrogen (secondary N) is 1. The fourth-order valence-corrected chi connectivity index (χ4v) is 2.94. The van der Waals surface area contributed by atoms with Crippen LogP contribution >= 0.6 is 15.9 Å². The molecule has 1 fully saturated rings. The summed E-state index contributed by atoms with van der Waals surface area (Å²) in [5, 5.41) is 3.55. The molecule has 1 aromatic rings. The Labute approximate surface area is 110 Å². The molecule has 4 heteroatoms. The van der Waals surface area contributed by atoms with Crippen molar-refractivity contribution in [3.63, 3.8) is 0 Å². The quantitative estimate of drug-likeness (QED) is 0.864. The van der Waals surface area contributed by atoms with Crippen LogP contribution in [0.3, 0.4) is 0 Å². The van der Waals surface area contributed by atoms with Gasteiger partial charge in [-0.15, -0.1) is 0 Å². The molecule has 0 bridgehead atoms. The van der Waals surface area contributed by atoms with Gasteiger partial charge in [0.05, 0.1) is 4.47 Å². The Hall–Kier alpha value is -0.740. The van der Waals surface area contributed by atoms with E-state index in [4.69, 9.17) is 9.47 Å². The van der Waals surface area contributed by atoms with Crippen molar-refractivity contribution < 1.29 is 9.47 Å². The van der Waals surface area contributed by atoms with Gasteiger partial charge in [-0.3, -0.25) is 0 Å². The molecule has 0 amide bonds. The van der Waals surface area contributed by atoms with Crippen molar-refractivity contribution in [2.75, 3.05) is 19.8 Å². The average Bonchev–Trinajstić information content (AvgIpc) is 2.41. The van der Waals surface area contributed by atoms with Crippen molar-refractivity contribution in [1.29, 1.82) is 0 Å². The molecule has 1 atom stereocenters. The maximum Gasteiger partial charge on any atom is 0.175 e. The third kappa shape index (κ3) is 2.16. The molecule has 3 rings (SSSR count). The van der Waals surface area contributed by atoms with E-state index < -0.39 is 0 Å². The normalized spacial score (nSPS) is 23.5. The van der Waals surface area contributed by atoms with Crippen molar-refractivity contribution in [2.24, 2.45) is 0 Å². The van der Waals surface area contributed by atoms with Gasteiger partial charge < -0.3 is 14.8 Å². The van der Waals surface area contributed by atoms with E-state index in [1.165, 1.54) is 24.8 Å². The first kappa shape index (κ1) is 11.4. The van der Waals surface area contributed by atoms with E-state index in [0.717, 1.165) is 22.5 Å². The molecule has 17 heavy (non-hydrogen) atoms. The van der Waals surface area contributed by atoms with E-state index in [-0.39, 0.29) is 0 Å². The molecular formula is C13H16BrNO2. The third-order valence-electron chi connectivity index (χ3n) is 3.36. The van der Waals surface area contributed by atoms with Crippen LogP contribution in [0.2, 0.25) is 0 Å². The summed E-state index contributed by atoms with van der Waals surface area (Å²) in [6, 6.07) is 4.60. The minimum atomic E-state index is 0.410. The highest BCUT2D eigenvalue weighted by atomic mass is 79.9. The first-order valence-electron chi connectivity index (χ1n) is 6.17. The van der Waals surface area contributed by atoms with Crippen LogP contribution in [0.4, 0.5) is 0 Å². The first-order chi connectivity index (χ1) is 8.36. The lowest BCUT2D eigenvalue weighted by Crippen LogP contribution is -2.28. The summed E-state index contributed by atoms with van der Waals surface area (Å²) in [5.74, 6) is 1.78. The number of piperidine rings is 1. The third-order valence-corrected chi connectivity index (χ3v) is 3.98. The summed E-state index contributed by atoms with van der Waals surface area (Å²) < 4.78 is 12.5. The zero-order valence-electron chi connectivity index (χ0n) is 9.67. The van der Waals surface area contributed by atoms with Gasteiger partial charge in [0.1, 0.15) is 13.2 Å². The predicted octanol–water partition coefficient (Wildman–Crippen LogP) is 3.03. The van der Waals surface area contributed by atoms with Gasteiger partial charge in [0.15, 0.2) is 11.5 Å². The van der Waals surface area contributed by atoms with Crippen LogP contribution in [-0.4, -0.2) is 19.8 Å². The van der Waals surface area contributed by atoms with E-state index in [9.17, 15) is 0 Å². The number of hydrogen-bond donors (Lipinski definition) is 1. The summed E-state index contributed by atoms with van der Waals surface area (Å²) in [4.78, 5) is 0. The molecule has 0 saturated carbocycles. The molecule has 0 aliphatic carbocycles. The number of rotatable bonds is 1. The van der Waals surface area contributed by atoms with Crippen molar-refractivity contribution in [2.45, 2.75) is 25.3 Å². The van der Waals surface area contributed by atoms with E-state index in [1.54, 1.807) is 0 Å². The number of ether oxygens (including phenoxy) is 2. The minimum absolute atomic E-state index is 0.410. The van der Waals surface area contributed by atoms with Gasteiger partial charge in [0.25, 0.3) is 0 Å². The minimum Gasteiger partial charge on any atom is -0.486 e. The fraction of sp³-hybridized carbons (Fsp3) is 0.538. The molecule has 3 nitrogen and oxygen atoms in total. The summed E-state index contributed by atoms with van der Waals surface area (Å²) >= 11 is 3.51. The van der Waals surface area contributed by atoms with E-state index in [1.807, 2.05) is 0 Å². The monoisotopic (exact) mass is 297 g/mol. The van der Waals surface area contributed by atoms with Crippen molar-refractivity contribution >= 4 is 15.9 Å². The average molecular weight is 298 g/mol. The number of benzene rings is 1. The van der Waals surface area contributed by atoms with Crippen LogP contribution < -0.4 is 14.8 Å². The van der Waals surface area contributed by atoms with Gasteiger partial charge >= 0.3 is 0 Å². The van der Waals surface area contributed by atoms with Gasteiger partial charge in [-0.05, 0) is 41.4 Å². The Morgan fingerprint density at radius 2 is 1.94 bits per heavy atom. The molecule has 0 aromatic heterocycles. The smallest absolute Gasteiger partial charge is 0.175 e. The molecule has 1 saturated heterocycles. The number of fused-ring (bicyclic) bond motifs is 1. The van der Waals surface area contributed by atoms with E-state index in [2.05, 4.69) is 33.4 Å². The second kappa shape index (κ2) is 4.86. The summed E-state index contributed by atoms with van der Waals surface area (Å²) in [7, 11) is 0. The topological polar surface area (TPSA) is 30.5 Å². The van der Waals surface area contributed by atoms with Crippen LogP contribution in [-0.2, 0) is 0 Å². The SMILES string of the molecule is Brc1ccc(C2CCCCN2)c2c1OCCO2. The summed E-state index contributed by atoms with van der Waals surface area (Å²) in [6.07, 6.45) is 3.73. The van der Waals surface area contributed by atoms with Crippen molar-refractivity contribution in [1.82, 2.24) is 5.32 Å². The summed E-state index contributed by atoms with van der Waals surface area (Å²) in [5.41, 5.74) is 1.24. The molecule has 1 unspecified atom stereocenters. The first-order valence-corrected chi connectivity index (χ1v) is 6.97. The Morgan fingerprint density at radius 1 is 1.12 bits per heavy atom. The molecule has 2 aliphatic heterocycles. The van der Waals surface area contributed by atoms with Crippen molar-refractivity contribution in [3.05, 3.63) is 22.2 Å². The van der Waals surface area contributed by atoms with E-state index >= 15 is 0 Å². The Balaban J connectivity index is 1.98. The number of hydrogen-bond acceptors (Lipinski definition) is 3. The second-order valence-electron chi connectivity index (χ2n) is 4.49. The van der Waals surface area contributed by atoms with Gasteiger partial charge in [0, 0.05) is 11.6 Å². The molecule has 2 heterocycles. The van der Waals surface area contributed by atoms with Gasteiger partial charge in [0.2, 0.25) is 0 Å². The van der Waals surface area contributed by atoms with Crippen LogP contribution in [0.1, 0.15) is 30.9 Å². The maximum atomic E-state index is 5.79. The fourth-order valence-electron chi connectivity index (χ4n) is 2.52. The molecule has 1 aromatic carbocycles. The largest absolute Gasteiger partial charge is 0.486 e. The van der Waals surface area contributed by atoms with Crippen LogP contribution in [0, 0.1) is 0 Å². The van der Waals surface area contributed by atoms with E-state index in [0.29, 0.717) is 19.3 Å². The predicted molar refractivity (Wildman–Crippen MR) is 69.7 cm³/mol. The lowest BCUT2D eigenvalue weighted by molar-refractivity contribution is 0.167. The highest BCUT2D eigenvalue weighted by molar-refractivity contribution is 9.10. The molecule has 92 valence electrons. The molecule has 0 radical (unpaired) electrons. The zero-order valence-corrected chi connectivity index (χ0v) is 11.3. The van der Waals surface area contributed by atoms with Crippen LogP contribution in [0.5, 0.6) is 11.5 Å². The lowest BCUT2D eigenvalue weighted by Gasteiger charge is -2.29.